The SMILES string of the molecule is CCCCOCC1OCCC(OC2OC(CO)C(O)C(O)C2O)C1OC1OC=C(OCCCC)C(OCCCC)C1OCCCC. The molecule has 0 aromatic heterocycles. The van der Waals surface area contributed by atoms with Crippen molar-refractivity contribution in [3.8, 4) is 0 Å². The molecule has 270 valence electrons. The smallest absolute Gasteiger partial charge is 0.229 e. The largest absolute Gasteiger partial charge is 0.492 e. The van der Waals surface area contributed by atoms with Crippen LogP contribution in [0, 0.1) is 0 Å². The molecule has 2 fully saturated rings. The van der Waals surface area contributed by atoms with Gasteiger partial charge in [-0.1, -0.05) is 53.4 Å². The standard InChI is InChI=1S/C33H60O13/c1-5-9-14-38-20-24-29(22(13-18-40-24)44-32-28(37)27(36)26(35)23(19-34)45-32)46-33-31(42-17-12-8-4)30(41-16-11-7-3)25(21-43-33)39-15-10-6-2/h21-24,26-37H,5-20H2,1-4H3. The Hall–Kier alpha value is -1.10. The number of rotatable bonds is 22. The summed E-state index contributed by atoms with van der Waals surface area (Å²) in [7, 11) is 0. The minimum Gasteiger partial charge on any atom is -0.492 e. The van der Waals surface area contributed by atoms with Crippen LogP contribution in [0.15, 0.2) is 12.0 Å². The number of ether oxygens (including phenoxy) is 9. The van der Waals surface area contributed by atoms with Crippen LogP contribution in [0.5, 0.6) is 0 Å². The molecule has 3 aliphatic heterocycles. The van der Waals surface area contributed by atoms with Crippen LogP contribution in [0.3, 0.4) is 0 Å². The maximum atomic E-state index is 10.7. The molecule has 0 saturated carbocycles. The van der Waals surface area contributed by atoms with E-state index in [0.717, 1.165) is 51.4 Å². The Kier molecular flexibility index (Phi) is 18.6. The van der Waals surface area contributed by atoms with Gasteiger partial charge < -0.3 is 63.1 Å². The van der Waals surface area contributed by atoms with Gasteiger partial charge in [0.1, 0.15) is 49.0 Å². The molecule has 11 atom stereocenters. The lowest BCUT2D eigenvalue weighted by Crippen LogP contribution is -2.62. The normalized spacial score (nSPS) is 35.0. The van der Waals surface area contributed by atoms with Gasteiger partial charge in [-0.3, -0.25) is 0 Å². The van der Waals surface area contributed by atoms with Crippen molar-refractivity contribution in [1.82, 2.24) is 0 Å². The Bertz CT molecular complexity index is 829. The topological polar surface area (TPSA) is 164 Å². The van der Waals surface area contributed by atoms with Crippen molar-refractivity contribution in [2.45, 2.75) is 153 Å². The summed E-state index contributed by atoms with van der Waals surface area (Å²) in [4.78, 5) is 0. The first-order valence-electron chi connectivity index (χ1n) is 17.4. The Morgan fingerprint density at radius 2 is 1.41 bits per heavy atom. The Labute approximate surface area is 274 Å². The van der Waals surface area contributed by atoms with Gasteiger partial charge in [0.25, 0.3) is 0 Å². The van der Waals surface area contributed by atoms with Crippen LogP contribution in [-0.4, -0.2) is 134 Å². The first-order valence-corrected chi connectivity index (χ1v) is 17.4. The molecule has 3 aliphatic rings. The molecule has 0 spiro atoms. The summed E-state index contributed by atoms with van der Waals surface area (Å²) < 4.78 is 55.7. The van der Waals surface area contributed by atoms with E-state index in [4.69, 9.17) is 42.6 Å². The summed E-state index contributed by atoms with van der Waals surface area (Å²) in [5.74, 6) is 0.555. The van der Waals surface area contributed by atoms with E-state index in [0.29, 0.717) is 45.2 Å². The average Bonchev–Trinajstić information content (AvgIpc) is 3.06. The molecule has 0 radical (unpaired) electrons. The summed E-state index contributed by atoms with van der Waals surface area (Å²) in [6, 6.07) is 0. The van der Waals surface area contributed by atoms with Crippen molar-refractivity contribution in [2.24, 2.45) is 0 Å². The molecular formula is C33H60O13. The fourth-order valence-electron chi connectivity index (χ4n) is 5.46. The van der Waals surface area contributed by atoms with Crippen LogP contribution in [-0.2, 0) is 42.6 Å². The van der Waals surface area contributed by atoms with Crippen molar-refractivity contribution in [1.29, 1.82) is 0 Å². The molecular weight excluding hydrogens is 604 g/mol. The Balaban J connectivity index is 1.88. The maximum Gasteiger partial charge on any atom is 0.229 e. The quantitative estimate of drug-likeness (QED) is 0.125. The van der Waals surface area contributed by atoms with Gasteiger partial charge in [0.15, 0.2) is 18.2 Å². The first-order chi connectivity index (χ1) is 22.4. The monoisotopic (exact) mass is 664 g/mol. The molecule has 4 N–H and O–H groups in total. The molecule has 13 heteroatoms. The highest BCUT2D eigenvalue weighted by Crippen LogP contribution is 2.33. The molecule has 0 aliphatic carbocycles. The highest BCUT2D eigenvalue weighted by molar-refractivity contribution is 5.06. The van der Waals surface area contributed by atoms with Gasteiger partial charge >= 0.3 is 0 Å². The lowest BCUT2D eigenvalue weighted by Gasteiger charge is -2.45. The Morgan fingerprint density at radius 3 is 2.11 bits per heavy atom. The second-order valence-corrected chi connectivity index (χ2v) is 12.2. The third-order valence-electron chi connectivity index (χ3n) is 8.38. The van der Waals surface area contributed by atoms with E-state index in [1.165, 1.54) is 0 Å². The van der Waals surface area contributed by atoms with E-state index >= 15 is 0 Å². The third kappa shape index (κ3) is 11.5. The molecule has 46 heavy (non-hydrogen) atoms. The fraction of sp³-hybridized carbons (Fsp3) is 0.939. The molecule has 13 nitrogen and oxygen atoms in total. The summed E-state index contributed by atoms with van der Waals surface area (Å²) in [6.07, 6.45) is -1.96. The van der Waals surface area contributed by atoms with Gasteiger partial charge in [-0.25, -0.2) is 0 Å². The van der Waals surface area contributed by atoms with Crippen LogP contribution < -0.4 is 0 Å². The summed E-state index contributed by atoms with van der Waals surface area (Å²) in [6.45, 7) is 10.4. The number of hydrogen-bond donors (Lipinski definition) is 4. The van der Waals surface area contributed by atoms with Crippen molar-refractivity contribution >= 4 is 0 Å². The van der Waals surface area contributed by atoms with Crippen LogP contribution >= 0.6 is 0 Å². The summed E-state index contributed by atoms with van der Waals surface area (Å²) in [5, 5.41) is 41.1. The van der Waals surface area contributed by atoms with Gasteiger partial charge in [-0.2, -0.15) is 0 Å². The van der Waals surface area contributed by atoms with E-state index in [2.05, 4.69) is 27.7 Å². The average molecular weight is 665 g/mol. The fourth-order valence-corrected chi connectivity index (χ4v) is 5.46. The van der Waals surface area contributed by atoms with E-state index in [1.54, 1.807) is 6.26 Å². The van der Waals surface area contributed by atoms with Crippen LogP contribution in [0.4, 0.5) is 0 Å². The lowest BCUT2D eigenvalue weighted by atomic mass is 9.98. The zero-order chi connectivity index (χ0) is 33.3. The molecule has 0 amide bonds. The third-order valence-corrected chi connectivity index (χ3v) is 8.38. The number of unbranched alkanes of at least 4 members (excludes halogenated alkanes) is 4. The second-order valence-electron chi connectivity index (χ2n) is 12.2. The number of hydrogen-bond acceptors (Lipinski definition) is 13. The summed E-state index contributed by atoms with van der Waals surface area (Å²) in [5.41, 5.74) is 0. The van der Waals surface area contributed by atoms with Crippen molar-refractivity contribution < 1.29 is 63.1 Å². The zero-order valence-electron chi connectivity index (χ0n) is 28.2. The van der Waals surface area contributed by atoms with Gasteiger partial charge in [-0.15, -0.1) is 0 Å². The van der Waals surface area contributed by atoms with Gasteiger partial charge in [0, 0.05) is 26.4 Å². The molecule has 0 bridgehead atoms. The van der Waals surface area contributed by atoms with Crippen LogP contribution in [0.2, 0.25) is 0 Å². The van der Waals surface area contributed by atoms with Crippen molar-refractivity contribution in [3.05, 3.63) is 12.0 Å². The zero-order valence-corrected chi connectivity index (χ0v) is 28.2. The molecule has 0 aromatic carbocycles. The van der Waals surface area contributed by atoms with E-state index in [9.17, 15) is 20.4 Å². The number of aliphatic hydroxyl groups excluding tert-OH is 4. The minimum absolute atomic E-state index is 0.227. The molecule has 11 unspecified atom stereocenters. The predicted octanol–water partition coefficient (Wildman–Crippen LogP) is 2.55. The van der Waals surface area contributed by atoms with Gasteiger partial charge in [-0.05, 0) is 32.1 Å². The van der Waals surface area contributed by atoms with E-state index < -0.39 is 74.1 Å². The van der Waals surface area contributed by atoms with Gasteiger partial charge in [0.05, 0.1) is 25.9 Å². The first kappa shape index (κ1) is 39.3. The molecule has 0 aromatic rings. The van der Waals surface area contributed by atoms with Crippen LogP contribution in [0.25, 0.3) is 0 Å². The minimum atomic E-state index is -1.57. The van der Waals surface area contributed by atoms with Crippen molar-refractivity contribution in [2.75, 3.05) is 46.2 Å². The van der Waals surface area contributed by atoms with E-state index in [-0.39, 0.29) is 6.61 Å². The second kappa shape index (κ2) is 21.8. The van der Waals surface area contributed by atoms with Gasteiger partial charge in [0.2, 0.25) is 6.29 Å². The highest BCUT2D eigenvalue weighted by Gasteiger charge is 2.49. The molecule has 3 rings (SSSR count). The van der Waals surface area contributed by atoms with Crippen molar-refractivity contribution in [3.63, 3.8) is 0 Å². The summed E-state index contributed by atoms with van der Waals surface area (Å²) >= 11 is 0. The van der Waals surface area contributed by atoms with Crippen LogP contribution in [0.1, 0.15) is 85.5 Å². The predicted molar refractivity (Wildman–Crippen MR) is 167 cm³/mol. The highest BCUT2D eigenvalue weighted by atomic mass is 16.7. The Morgan fingerprint density at radius 1 is 0.739 bits per heavy atom. The lowest BCUT2D eigenvalue weighted by molar-refractivity contribution is -0.340. The maximum absolute atomic E-state index is 10.7. The number of aliphatic hydroxyl groups is 4. The van der Waals surface area contributed by atoms with E-state index in [1.807, 2.05) is 0 Å². The molecule has 3 heterocycles. The molecule has 2 saturated heterocycles.